The zero-order chi connectivity index (χ0) is 14.6. The molecule has 1 aromatic carbocycles. The molecule has 0 radical (unpaired) electrons. The fourth-order valence-electron chi connectivity index (χ4n) is 1.58. The molecular weight excluding hydrogens is 269 g/mol. The summed E-state index contributed by atoms with van der Waals surface area (Å²) in [6.45, 7) is -0.0736. The van der Waals surface area contributed by atoms with Crippen LogP contribution in [-0.2, 0) is 12.8 Å². The normalized spacial score (nSPS) is 10.9. The number of hydrogen-bond acceptors (Lipinski definition) is 3. The minimum absolute atomic E-state index is 0.0671. The summed E-state index contributed by atoms with van der Waals surface area (Å²) in [6, 6.07) is 9.94. The van der Waals surface area contributed by atoms with Gasteiger partial charge >= 0.3 is 6.18 Å². The Labute approximate surface area is 113 Å². The van der Waals surface area contributed by atoms with Crippen molar-refractivity contribution in [3.05, 3.63) is 59.4 Å². The highest BCUT2D eigenvalue weighted by Gasteiger charge is 2.34. The van der Waals surface area contributed by atoms with Gasteiger partial charge in [-0.2, -0.15) is 18.4 Å². The first kappa shape index (κ1) is 13.9. The van der Waals surface area contributed by atoms with E-state index >= 15 is 0 Å². The number of nitrogens with zero attached hydrogens (tertiary/aromatic N) is 2. The average molecular weight is 278 g/mol. The summed E-state index contributed by atoms with van der Waals surface area (Å²) in [5, 5.41) is 8.66. The summed E-state index contributed by atoms with van der Waals surface area (Å²) in [5.74, 6) is -0.317. The van der Waals surface area contributed by atoms with E-state index in [9.17, 15) is 13.2 Å². The van der Waals surface area contributed by atoms with Crippen LogP contribution < -0.4 is 4.74 Å². The van der Waals surface area contributed by atoms with Gasteiger partial charge in [0.2, 0.25) is 0 Å². The van der Waals surface area contributed by atoms with Crippen LogP contribution in [-0.4, -0.2) is 4.98 Å². The SMILES string of the molecule is N#Cc1ccc(OCc2ccccn2)c(C(F)(F)F)c1. The molecule has 0 aliphatic heterocycles. The molecule has 6 heteroatoms. The van der Waals surface area contributed by atoms with Gasteiger partial charge in [0, 0.05) is 6.20 Å². The van der Waals surface area contributed by atoms with E-state index in [4.69, 9.17) is 10.00 Å². The van der Waals surface area contributed by atoms with E-state index < -0.39 is 11.7 Å². The second-order valence-corrected chi connectivity index (χ2v) is 3.93. The molecule has 2 aromatic rings. The average Bonchev–Trinajstić information content (AvgIpc) is 2.45. The summed E-state index contributed by atoms with van der Waals surface area (Å²) in [7, 11) is 0. The standard InChI is InChI=1S/C14H9F3N2O/c15-14(16,17)12-7-10(8-18)4-5-13(12)20-9-11-3-1-2-6-19-11/h1-7H,9H2. The molecule has 0 amide bonds. The maximum atomic E-state index is 12.9. The molecular formula is C14H9F3N2O. The Morgan fingerprint density at radius 3 is 2.60 bits per heavy atom. The lowest BCUT2D eigenvalue weighted by atomic mass is 10.1. The summed E-state index contributed by atoms with van der Waals surface area (Å²) >= 11 is 0. The van der Waals surface area contributed by atoms with Crippen molar-refractivity contribution < 1.29 is 17.9 Å². The third kappa shape index (κ3) is 3.26. The van der Waals surface area contributed by atoms with Crippen molar-refractivity contribution in [1.82, 2.24) is 4.98 Å². The fraction of sp³-hybridized carbons (Fsp3) is 0.143. The van der Waals surface area contributed by atoms with Gasteiger partial charge in [-0.25, -0.2) is 0 Å². The number of halogens is 3. The topological polar surface area (TPSA) is 45.9 Å². The van der Waals surface area contributed by atoms with Crippen LogP contribution in [0.15, 0.2) is 42.6 Å². The predicted octanol–water partition coefficient (Wildman–Crippen LogP) is 3.55. The van der Waals surface area contributed by atoms with Crippen LogP contribution in [0.25, 0.3) is 0 Å². The van der Waals surface area contributed by atoms with Gasteiger partial charge in [0.1, 0.15) is 12.4 Å². The number of pyridine rings is 1. The van der Waals surface area contributed by atoms with Crippen LogP contribution in [0.1, 0.15) is 16.8 Å². The zero-order valence-electron chi connectivity index (χ0n) is 10.2. The van der Waals surface area contributed by atoms with E-state index in [2.05, 4.69) is 4.98 Å². The molecule has 0 bridgehead atoms. The molecule has 1 aromatic heterocycles. The molecule has 1 heterocycles. The van der Waals surface area contributed by atoms with Crippen molar-refractivity contribution in [2.45, 2.75) is 12.8 Å². The molecule has 0 aliphatic carbocycles. The van der Waals surface area contributed by atoms with Crippen LogP contribution in [0.3, 0.4) is 0 Å². The lowest BCUT2D eigenvalue weighted by Crippen LogP contribution is -2.09. The number of alkyl halides is 3. The van der Waals surface area contributed by atoms with Gasteiger partial charge in [0.25, 0.3) is 0 Å². The molecule has 0 saturated heterocycles. The molecule has 0 atom stereocenters. The van der Waals surface area contributed by atoms with Crippen LogP contribution in [0.2, 0.25) is 0 Å². The fourth-order valence-corrected chi connectivity index (χ4v) is 1.58. The van der Waals surface area contributed by atoms with Gasteiger partial charge in [-0.1, -0.05) is 6.07 Å². The monoisotopic (exact) mass is 278 g/mol. The Balaban J connectivity index is 2.25. The predicted molar refractivity (Wildman–Crippen MR) is 64.7 cm³/mol. The first-order valence-electron chi connectivity index (χ1n) is 5.65. The van der Waals surface area contributed by atoms with Crippen molar-refractivity contribution in [2.24, 2.45) is 0 Å². The minimum Gasteiger partial charge on any atom is -0.487 e. The summed E-state index contributed by atoms with van der Waals surface area (Å²) < 4.78 is 43.8. The molecule has 2 rings (SSSR count). The van der Waals surface area contributed by atoms with E-state index in [1.54, 1.807) is 24.3 Å². The summed E-state index contributed by atoms with van der Waals surface area (Å²) in [6.07, 6.45) is -3.05. The Morgan fingerprint density at radius 1 is 1.20 bits per heavy atom. The zero-order valence-corrected chi connectivity index (χ0v) is 10.2. The van der Waals surface area contributed by atoms with Gasteiger partial charge in [0.15, 0.2) is 0 Å². The van der Waals surface area contributed by atoms with E-state index in [1.165, 1.54) is 12.3 Å². The minimum atomic E-state index is -4.58. The summed E-state index contributed by atoms with van der Waals surface area (Å²) in [4.78, 5) is 3.96. The number of nitriles is 1. The quantitative estimate of drug-likeness (QED) is 0.862. The lowest BCUT2D eigenvalue weighted by Gasteiger charge is -2.13. The lowest BCUT2D eigenvalue weighted by molar-refractivity contribution is -0.139. The highest BCUT2D eigenvalue weighted by Crippen LogP contribution is 2.37. The number of aromatic nitrogens is 1. The largest absolute Gasteiger partial charge is 0.487 e. The van der Waals surface area contributed by atoms with Gasteiger partial charge in [-0.05, 0) is 30.3 Å². The molecule has 0 N–H and O–H groups in total. The van der Waals surface area contributed by atoms with Crippen LogP contribution in [0, 0.1) is 11.3 Å². The maximum absolute atomic E-state index is 12.9. The molecule has 0 fully saturated rings. The van der Waals surface area contributed by atoms with Crippen LogP contribution >= 0.6 is 0 Å². The highest BCUT2D eigenvalue weighted by molar-refractivity contribution is 5.43. The Bertz CT molecular complexity index is 633. The molecule has 20 heavy (non-hydrogen) atoms. The molecule has 102 valence electrons. The Kier molecular flexibility index (Phi) is 3.89. The molecule has 0 unspecified atom stereocenters. The van der Waals surface area contributed by atoms with Gasteiger partial charge < -0.3 is 4.74 Å². The molecule has 0 saturated carbocycles. The number of hydrogen-bond donors (Lipinski definition) is 0. The second kappa shape index (κ2) is 5.61. The van der Waals surface area contributed by atoms with E-state index in [1.807, 2.05) is 0 Å². The molecule has 0 spiro atoms. The van der Waals surface area contributed by atoms with Crippen molar-refractivity contribution in [3.63, 3.8) is 0 Å². The second-order valence-electron chi connectivity index (χ2n) is 3.93. The van der Waals surface area contributed by atoms with Gasteiger partial charge in [0.05, 0.1) is 22.9 Å². The van der Waals surface area contributed by atoms with Crippen molar-refractivity contribution in [1.29, 1.82) is 5.26 Å². The smallest absolute Gasteiger partial charge is 0.420 e. The number of rotatable bonds is 3. The van der Waals surface area contributed by atoms with Gasteiger partial charge in [-0.3, -0.25) is 4.98 Å². The van der Waals surface area contributed by atoms with Crippen molar-refractivity contribution in [2.75, 3.05) is 0 Å². The first-order valence-corrected chi connectivity index (χ1v) is 5.65. The van der Waals surface area contributed by atoms with E-state index in [0.29, 0.717) is 5.69 Å². The number of ether oxygens (including phenoxy) is 1. The van der Waals surface area contributed by atoms with Crippen molar-refractivity contribution >= 4 is 0 Å². The number of benzene rings is 1. The molecule has 3 nitrogen and oxygen atoms in total. The van der Waals surface area contributed by atoms with E-state index in [0.717, 1.165) is 12.1 Å². The third-order valence-electron chi connectivity index (χ3n) is 2.52. The molecule has 0 aliphatic rings. The third-order valence-corrected chi connectivity index (χ3v) is 2.52. The van der Waals surface area contributed by atoms with Crippen molar-refractivity contribution in [3.8, 4) is 11.8 Å². The summed E-state index contributed by atoms with van der Waals surface area (Å²) in [5.41, 5.74) is -0.514. The van der Waals surface area contributed by atoms with E-state index in [-0.39, 0.29) is 17.9 Å². The Morgan fingerprint density at radius 2 is 2.00 bits per heavy atom. The first-order chi connectivity index (χ1) is 9.50. The van der Waals surface area contributed by atoms with Crippen LogP contribution in [0.4, 0.5) is 13.2 Å². The highest BCUT2D eigenvalue weighted by atomic mass is 19.4. The maximum Gasteiger partial charge on any atom is 0.420 e. The van der Waals surface area contributed by atoms with Crippen LogP contribution in [0.5, 0.6) is 5.75 Å². The Hall–Kier alpha value is -2.55. The van der Waals surface area contributed by atoms with Gasteiger partial charge in [-0.15, -0.1) is 0 Å².